The number of carbonyl (C=O) groups excluding carboxylic acids is 3. The van der Waals surface area contributed by atoms with Crippen molar-refractivity contribution >= 4 is 17.6 Å². The Morgan fingerprint density at radius 1 is 1.05 bits per heavy atom. The van der Waals surface area contributed by atoms with Gasteiger partial charge in [0.1, 0.15) is 5.78 Å². The van der Waals surface area contributed by atoms with Crippen LogP contribution in [-0.4, -0.2) is 28.0 Å². The van der Waals surface area contributed by atoms with Crippen LogP contribution in [0.3, 0.4) is 0 Å². The van der Waals surface area contributed by atoms with Crippen molar-refractivity contribution in [1.82, 2.24) is 4.90 Å². The van der Waals surface area contributed by atoms with Gasteiger partial charge in [-0.05, 0) is 33.1 Å². The van der Waals surface area contributed by atoms with Gasteiger partial charge in [-0.1, -0.05) is 12.2 Å². The molecule has 0 N–H and O–H groups in total. The van der Waals surface area contributed by atoms with Gasteiger partial charge >= 0.3 is 0 Å². The first-order valence-electron chi connectivity index (χ1n) is 6.81. The predicted molar refractivity (Wildman–Crippen MR) is 68.9 cm³/mol. The lowest BCUT2D eigenvalue weighted by Crippen LogP contribution is -2.54. The van der Waals surface area contributed by atoms with Gasteiger partial charge in [-0.2, -0.15) is 0 Å². The maximum Gasteiger partial charge on any atom is 0.234 e. The molecule has 0 spiro atoms. The Morgan fingerprint density at radius 3 is 2.21 bits per heavy atom. The summed E-state index contributed by atoms with van der Waals surface area (Å²) in [5.74, 6) is -1.04. The number of ketones is 1. The van der Waals surface area contributed by atoms with E-state index in [0.29, 0.717) is 12.8 Å². The molecule has 2 saturated carbocycles. The Kier molecular flexibility index (Phi) is 2.35. The number of carbonyl (C=O) groups is 3. The highest BCUT2D eigenvalue weighted by molar-refractivity contribution is 6.10. The molecule has 0 radical (unpaired) electrons. The van der Waals surface area contributed by atoms with Crippen LogP contribution in [0.4, 0.5) is 0 Å². The minimum Gasteiger partial charge on any atom is -0.299 e. The molecule has 3 aliphatic rings. The molecule has 4 unspecified atom stereocenters. The number of imide groups is 1. The van der Waals surface area contributed by atoms with E-state index in [1.807, 2.05) is 20.8 Å². The second kappa shape index (κ2) is 3.56. The number of nitrogens with zero attached hydrogens (tertiary/aromatic N) is 1. The van der Waals surface area contributed by atoms with E-state index in [-0.39, 0.29) is 35.4 Å². The molecule has 2 aliphatic carbocycles. The normalized spacial score (nSPS) is 38.2. The molecule has 102 valence electrons. The third-order valence-corrected chi connectivity index (χ3v) is 4.70. The van der Waals surface area contributed by atoms with E-state index in [9.17, 15) is 14.4 Å². The molecule has 1 heterocycles. The molecule has 19 heavy (non-hydrogen) atoms. The van der Waals surface area contributed by atoms with E-state index in [0.717, 1.165) is 5.57 Å². The lowest BCUT2D eigenvalue weighted by atomic mass is 9.52. The van der Waals surface area contributed by atoms with Gasteiger partial charge in [-0.25, -0.2) is 0 Å². The van der Waals surface area contributed by atoms with Crippen LogP contribution < -0.4 is 0 Å². The average Bonchev–Trinajstić information content (AvgIpc) is 2.40. The summed E-state index contributed by atoms with van der Waals surface area (Å²) in [6.07, 6.45) is 1.09. The summed E-state index contributed by atoms with van der Waals surface area (Å²) >= 11 is 0. The number of fused-ring (bicyclic) bond motifs is 4. The van der Waals surface area contributed by atoms with Crippen molar-refractivity contribution < 1.29 is 14.4 Å². The Labute approximate surface area is 112 Å². The first kappa shape index (κ1) is 12.6. The Balaban J connectivity index is 1.96. The first-order valence-corrected chi connectivity index (χ1v) is 6.81. The first-order chi connectivity index (χ1) is 8.73. The number of likely N-dealkylation sites (tertiary alicyclic amines) is 1. The van der Waals surface area contributed by atoms with E-state index in [4.69, 9.17) is 0 Å². The monoisotopic (exact) mass is 261 g/mol. The fraction of sp³-hybridized carbons (Fsp3) is 0.667. The van der Waals surface area contributed by atoms with Crippen LogP contribution in [0, 0.1) is 23.7 Å². The quantitative estimate of drug-likeness (QED) is 0.491. The smallest absolute Gasteiger partial charge is 0.234 e. The molecule has 2 amide bonds. The van der Waals surface area contributed by atoms with Crippen LogP contribution in [0.5, 0.6) is 0 Å². The highest BCUT2D eigenvalue weighted by Crippen LogP contribution is 2.58. The summed E-state index contributed by atoms with van der Waals surface area (Å²) in [5.41, 5.74) is 0.397. The lowest BCUT2D eigenvalue weighted by Gasteiger charge is -2.47. The van der Waals surface area contributed by atoms with E-state index >= 15 is 0 Å². The van der Waals surface area contributed by atoms with Crippen molar-refractivity contribution in [3.05, 3.63) is 12.2 Å². The number of allylic oxidation sites excluding steroid dienone is 1. The second-order valence-corrected chi connectivity index (χ2v) is 7.02. The summed E-state index contributed by atoms with van der Waals surface area (Å²) < 4.78 is 0. The topological polar surface area (TPSA) is 54.5 Å². The number of hydrogen-bond donors (Lipinski definition) is 0. The van der Waals surface area contributed by atoms with Crippen LogP contribution in [-0.2, 0) is 14.4 Å². The fourth-order valence-corrected chi connectivity index (χ4v) is 4.01. The molecule has 1 saturated heterocycles. The highest BCUT2D eigenvalue weighted by atomic mass is 16.2. The number of hydrogen-bond acceptors (Lipinski definition) is 3. The summed E-state index contributed by atoms with van der Waals surface area (Å²) in [6, 6.07) is 0. The third-order valence-electron chi connectivity index (χ3n) is 4.70. The standard InChI is InChI=1S/C15H19NO3/c1-7-5-8-10(9(17)6-7)12-11(8)13(18)16(14(12)19)15(2,3)4/h8,10-12H,1,5-6H2,2-4H3. The lowest BCUT2D eigenvalue weighted by molar-refractivity contribution is -0.150. The number of Topliss-reactive ketones (excluding diaryl/α,β-unsaturated/α-hetero) is 1. The van der Waals surface area contributed by atoms with Gasteiger partial charge in [0, 0.05) is 17.9 Å². The fourth-order valence-electron chi connectivity index (χ4n) is 4.01. The zero-order valence-corrected chi connectivity index (χ0v) is 11.6. The van der Waals surface area contributed by atoms with Crippen molar-refractivity contribution in [3.8, 4) is 0 Å². The minimum atomic E-state index is -0.505. The predicted octanol–water partition coefficient (Wildman–Crippen LogP) is 1.55. The molecular formula is C15H19NO3. The van der Waals surface area contributed by atoms with Crippen molar-refractivity contribution in [2.45, 2.75) is 39.2 Å². The molecule has 1 aliphatic heterocycles. The van der Waals surface area contributed by atoms with Gasteiger partial charge in [-0.3, -0.25) is 19.3 Å². The summed E-state index contributed by atoms with van der Waals surface area (Å²) in [6.45, 7) is 9.46. The van der Waals surface area contributed by atoms with E-state index in [1.54, 1.807) is 0 Å². The zero-order valence-electron chi connectivity index (χ0n) is 11.6. The van der Waals surface area contributed by atoms with Gasteiger partial charge in [0.25, 0.3) is 0 Å². The molecule has 0 aromatic heterocycles. The Bertz CT molecular complexity index is 514. The maximum absolute atomic E-state index is 12.5. The minimum absolute atomic E-state index is 0.0162. The molecule has 0 aromatic rings. The van der Waals surface area contributed by atoms with Gasteiger partial charge in [-0.15, -0.1) is 0 Å². The van der Waals surface area contributed by atoms with Crippen molar-refractivity contribution in [1.29, 1.82) is 0 Å². The second-order valence-electron chi connectivity index (χ2n) is 7.02. The van der Waals surface area contributed by atoms with Crippen LogP contribution in [0.25, 0.3) is 0 Å². The van der Waals surface area contributed by atoms with Crippen molar-refractivity contribution in [2.75, 3.05) is 0 Å². The molecule has 4 nitrogen and oxygen atoms in total. The van der Waals surface area contributed by atoms with Gasteiger partial charge in [0.15, 0.2) is 0 Å². The molecule has 3 rings (SSSR count). The Hall–Kier alpha value is -1.45. The van der Waals surface area contributed by atoms with Gasteiger partial charge < -0.3 is 0 Å². The van der Waals surface area contributed by atoms with E-state index in [1.165, 1.54) is 4.90 Å². The Morgan fingerprint density at radius 2 is 1.63 bits per heavy atom. The molecule has 0 aromatic carbocycles. The molecular weight excluding hydrogens is 242 g/mol. The van der Waals surface area contributed by atoms with Crippen LogP contribution in [0.15, 0.2) is 12.2 Å². The molecule has 3 fully saturated rings. The van der Waals surface area contributed by atoms with Gasteiger partial charge in [0.2, 0.25) is 11.8 Å². The SMILES string of the molecule is C=C1CC(=O)C2C(C1)C1C(=O)N(C(C)(C)C)C(=O)C21. The van der Waals surface area contributed by atoms with Crippen molar-refractivity contribution in [2.24, 2.45) is 23.7 Å². The zero-order chi connectivity index (χ0) is 14.1. The van der Waals surface area contributed by atoms with E-state index < -0.39 is 11.5 Å². The molecule has 4 heteroatoms. The van der Waals surface area contributed by atoms with Crippen LogP contribution in [0.1, 0.15) is 33.6 Å². The third kappa shape index (κ3) is 1.49. The summed E-state index contributed by atoms with van der Waals surface area (Å²) in [7, 11) is 0. The number of amides is 2. The van der Waals surface area contributed by atoms with Gasteiger partial charge in [0.05, 0.1) is 11.8 Å². The number of rotatable bonds is 0. The summed E-state index contributed by atoms with van der Waals surface area (Å²) in [4.78, 5) is 38.3. The van der Waals surface area contributed by atoms with Crippen LogP contribution in [0.2, 0.25) is 0 Å². The van der Waals surface area contributed by atoms with Crippen LogP contribution >= 0.6 is 0 Å². The average molecular weight is 261 g/mol. The van der Waals surface area contributed by atoms with Crippen molar-refractivity contribution in [3.63, 3.8) is 0 Å². The highest BCUT2D eigenvalue weighted by Gasteiger charge is 2.68. The molecule has 4 atom stereocenters. The largest absolute Gasteiger partial charge is 0.299 e. The molecule has 0 bridgehead atoms. The maximum atomic E-state index is 12.5. The summed E-state index contributed by atoms with van der Waals surface area (Å²) in [5, 5.41) is 0. The van der Waals surface area contributed by atoms with E-state index in [2.05, 4.69) is 6.58 Å².